The summed E-state index contributed by atoms with van der Waals surface area (Å²) in [5.41, 5.74) is 1.18. The molecule has 0 aliphatic heterocycles. The molecule has 1 rings (SSSR count). The summed E-state index contributed by atoms with van der Waals surface area (Å²) in [6, 6.07) is 0. The fourth-order valence-electron chi connectivity index (χ4n) is 1.38. The second kappa shape index (κ2) is 6.96. The summed E-state index contributed by atoms with van der Waals surface area (Å²) in [6.45, 7) is 6.34. The van der Waals surface area contributed by atoms with Crippen LogP contribution in [0.1, 0.15) is 43.3 Å². The Morgan fingerprint density at radius 3 is 2.86 bits per heavy atom. The molecule has 0 aliphatic carbocycles. The monoisotopic (exact) mass is 212 g/mol. The molecule has 0 spiro atoms. The lowest BCUT2D eigenvalue weighted by Crippen LogP contribution is -2.14. The van der Waals surface area contributed by atoms with Gasteiger partial charge in [-0.3, -0.25) is 0 Å². The third-order valence-corrected chi connectivity index (χ3v) is 3.00. The van der Waals surface area contributed by atoms with Gasteiger partial charge >= 0.3 is 0 Å². The molecule has 1 N–H and O–H groups in total. The van der Waals surface area contributed by atoms with Gasteiger partial charge in [0.15, 0.2) is 0 Å². The van der Waals surface area contributed by atoms with Crippen molar-refractivity contribution in [3.8, 4) is 0 Å². The molecule has 0 aromatic carbocycles. The molecule has 0 saturated carbocycles. The zero-order valence-electron chi connectivity index (χ0n) is 9.18. The highest BCUT2D eigenvalue weighted by atomic mass is 32.1. The summed E-state index contributed by atoms with van der Waals surface area (Å²) in [5.74, 6) is 0. The Morgan fingerprint density at radius 1 is 1.36 bits per heavy atom. The summed E-state index contributed by atoms with van der Waals surface area (Å²) in [6.07, 6.45) is 5.30. The third-order valence-electron chi connectivity index (χ3n) is 2.18. The second-order valence-electron chi connectivity index (χ2n) is 3.60. The van der Waals surface area contributed by atoms with Crippen molar-refractivity contribution in [3.63, 3.8) is 0 Å². The number of unbranched alkanes of at least 4 members (excludes halogenated alkanes) is 3. The second-order valence-corrected chi connectivity index (χ2v) is 4.66. The first-order chi connectivity index (χ1) is 6.83. The van der Waals surface area contributed by atoms with Crippen molar-refractivity contribution in [2.45, 2.75) is 46.1 Å². The van der Waals surface area contributed by atoms with Gasteiger partial charge in [0.1, 0.15) is 0 Å². The Morgan fingerprint density at radius 2 is 2.21 bits per heavy atom. The average Bonchev–Trinajstić information content (AvgIpc) is 2.58. The molecule has 0 aliphatic rings. The molecule has 0 atom stereocenters. The molecule has 0 radical (unpaired) electrons. The van der Waals surface area contributed by atoms with E-state index in [1.807, 2.05) is 0 Å². The Labute approximate surface area is 90.8 Å². The first kappa shape index (κ1) is 11.7. The first-order valence-electron chi connectivity index (χ1n) is 5.44. The summed E-state index contributed by atoms with van der Waals surface area (Å²) in [4.78, 5) is 4.40. The highest BCUT2D eigenvalue weighted by Crippen LogP contribution is 2.07. The van der Waals surface area contributed by atoms with Crippen LogP contribution in [0.25, 0.3) is 0 Å². The van der Waals surface area contributed by atoms with Crippen molar-refractivity contribution in [2.75, 3.05) is 6.54 Å². The van der Waals surface area contributed by atoms with Crippen molar-refractivity contribution in [2.24, 2.45) is 0 Å². The molecule has 1 aromatic rings. The van der Waals surface area contributed by atoms with E-state index in [1.54, 1.807) is 11.3 Å². The van der Waals surface area contributed by atoms with Crippen molar-refractivity contribution in [3.05, 3.63) is 16.1 Å². The van der Waals surface area contributed by atoms with Crippen LogP contribution in [0.4, 0.5) is 0 Å². The Kier molecular flexibility index (Phi) is 5.80. The Balaban J connectivity index is 1.99. The fourth-order valence-corrected chi connectivity index (χ4v) is 2.00. The predicted molar refractivity (Wildman–Crippen MR) is 62.7 cm³/mol. The number of rotatable bonds is 7. The van der Waals surface area contributed by atoms with Crippen molar-refractivity contribution in [1.29, 1.82) is 0 Å². The lowest BCUT2D eigenvalue weighted by atomic mass is 10.2. The Bertz CT molecular complexity index is 245. The van der Waals surface area contributed by atoms with Crippen molar-refractivity contribution < 1.29 is 0 Å². The van der Waals surface area contributed by atoms with Gasteiger partial charge in [-0.1, -0.05) is 26.2 Å². The predicted octanol–water partition coefficient (Wildman–Crippen LogP) is 3.12. The molecule has 1 aromatic heterocycles. The minimum absolute atomic E-state index is 0.927. The summed E-state index contributed by atoms with van der Waals surface area (Å²) >= 11 is 1.73. The molecule has 0 amide bonds. The quantitative estimate of drug-likeness (QED) is 0.702. The van der Waals surface area contributed by atoms with Gasteiger partial charge in [0.25, 0.3) is 0 Å². The van der Waals surface area contributed by atoms with Crippen LogP contribution in [-0.4, -0.2) is 11.5 Å². The molecule has 3 heteroatoms. The zero-order valence-corrected chi connectivity index (χ0v) is 9.99. The molecule has 0 unspecified atom stereocenters. The van der Waals surface area contributed by atoms with Crippen molar-refractivity contribution >= 4 is 11.3 Å². The van der Waals surface area contributed by atoms with Gasteiger partial charge in [-0.15, -0.1) is 11.3 Å². The molecular formula is C11H20N2S. The van der Waals surface area contributed by atoms with Gasteiger partial charge in [0, 0.05) is 11.9 Å². The van der Waals surface area contributed by atoms with E-state index in [-0.39, 0.29) is 0 Å². The fraction of sp³-hybridized carbons (Fsp3) is 0.727. The first-order valence-corrected chi connectivity index (χ1v) is 6.32. The van der Waals surface area contributed by atoms with E-state index in [4.69, 9.17) is 0 Å². The number of hydrogen-bond acceptors (Lipinski definition) is 3. The van der Waals surface area contributed by atoms with Gasteiger partial charge in [-0.25, -0.2) is 4.98 Å². The van der Waals surface area contributed by atoms with Gasteiger partial charge in [-0.2, -0.15) is 0 Å². The highest BCUT2D eigenvalue weighted by Gasteiger charge is 1.96. The Hall–Kier alpha value is -0.410. The van der Waals surface area contributed by atoms with Crippen LogP contribution in [0.5, 0.6) is 0 Å². The van der Waals surface area contributed by atoms with Crippen LogP contribution in [0.3, 0.4) is 0 Å². The minimum Gasteiger partial charge on any atom is -0.311 e. The maximum atomic E-state index is 4.40. The number of thiazole rings is 1. The standard InChI is InChI=1S/C11H20N2S/c1-3-4-5-6-7-12-8-11-9-14-10(2)13-11/h9,12H,3-8H2,1-2H3. The van der Waals surface area contributed by atoms with Crippen LogP contribution < -0.4 is 5.32 Å². The number of aromatic nitrogens is 1. The molecule has 0 fully saturated rings. The molecular weight excluding hydrogens is 192 g/mol. The number of nitrogens with zero attached hydrogens (tertiary/aromatic N) is 1. The normalized spacial score (nSPS) is 10.7. The smallest absolute Gasteiger partial charge is 0.0897 e. The summed E-state index contributed by atoms with van der Waals surface area (Å²) < 4.78 is 0. The van der Waals surface area contributed by atoms with E-state index in [9.17, 15) is 0 Å². The largest absolute Gasteiger partial charge is 0.311 e. The van der Waals surface area contributed by atoms with E-state index in [2.05, 4.69) is 29.5 Å². The van der Waals surface area contributed by atoms with E-state index in [0.717, 1.165) is 18.1 Å². The molecule has 80 valence electrons. The third kappa shape index (κ3) is 4.72. The maximum absolute atomic E-state index is 4.40. The van der Waals surface area contributed by atoms with Crippen molar-refractivity contribution in [1.82, 2.24) is 10.3 Å². The molecule has 0 saturated heterocycles. The van der Waals surface area contributed by atoms with Crippen LogP contribution in [0, 0.1) is 6.92 Å². The SMILES string of the molecule is CCCCCCNCc1csc(C)n1. The van der Waals surface area contributed by atoms with Gasteiger partial charge in [0.2, 0.25) is 0 Å². The minimum atomic E-state index is 0.927. The van der Waals surface area contributed by atoms with Gasteiger partial charge < -0.3 is 5.32 Å². The highest BCUT2D eigenvalue weighted by molar-refractivity contribution is 7.09. The van der Waals surface area contributed by atoms with E-state index in [1.165, 1.54) is 31.4 Å². The molecule has 1 heterocycles. The van der Waals surface area contributed by atoms with E-state index in [0.29, 0.717) is 0 Å². The molecule has 14 heavy (non-hydrogen) atoms. The maximum Gasteiger partial charge on any atom is 0.0897 e. The number of aryl methyl sites for hydroxylation is 1. The van der Waals surface area contributed by atoms with E-state index >= 15 is 0 Å². The average molecular weight is 212 g/mol. The van der Waals surface area contributed by atoms with Crippen LogP contribution in [0.2, 0.25) is 0 Å². The van der Waals surface area contributed by atoms with Gasteiger partial charge in [-0.05, 0) is 19.9 Å². The van der Waals surface area contributed by atoms with E-state index < -0.39 is 0 Å². The molecule has 2 nitrogen and oxygen atoms in total. The summed E-state index contributed by atoms with van der Waals surface area (Å²) in [5, 5.41) is 6.71. The van der Waals surface area contributed by atoms with Crippen LogP contribution >= 0.6 is 11.3 Å². The van der Waals surface area contributed by atoms with Gasteiger partial charge in [0.05, 0.1) is 10.7 Å². The molecule has 0 bridgehead atoms. The lowest BCUT2D eigenvalue weighted by Gasteiger charge is -2.01. The topological polar surface area (TPSA) is 24.9 Å². The summed E-state index contributed by atoms with van der Waals surface area (Å²) in [7, 11) is 0. The lowest BCUT2D eigenvalue weighted by molar-refractivity contribution is 0.594. The number of nitrogens with one attached hydrogen (secondary N) is 1. The van der Waals surface area contributed by atoms with Crippen LogP contribution in [-0.2, 0) is 6.54 Å². The zero-order chi connectivity index (χ0) is 10.2. The number of hydrogen-bond donors (Lipinski definition) is 1. The van der Waals surface area contributed by atoms with Crippen LogP contribution in [0.15, 0.2) is 5.38 Å².